The van der Waals surface area contributed by atoms with Gasteiger partial charge in [0.05, 0.1) is 16.2 Å². The first-order valence-electron chi connectivity index (χ1n) is 8.88. The van der Waals surface area contributed by atoms with E-state index in [-0.39, 0.29) is 28.0 Å². The van der Waals surface area contributed by atoms with Crippen molar-refractivity contribution in [3.63, 3.8) is 0 Å². The number of nitro groups is 1. The van der Waals surface area contributed by atoms with Gasteiger partial charge in [0.15, 0.2) is 5.84 Å². The predicted octanol–water partition coefficient (Wildman–Crippen LogP) is 4.31. The fraction of sp³-hybridized carbons (Fsp3) is 0.158. The van der Waals surface area contributed by atoms with E-state index in [0.717, 1.165) is 5.04 Å². The van der Waals surface area contributed by atoms with Crippen molar-refractivity contribution < 1.29 is 9.72 Å². The molecule has 0 fully saturated rings. The van der Waals surface area contributed by atoms with E-state index >= 15 is 0 Å². The standard InChI is InChI=1S/C19H15ClN6O3S/c1-10(2)18-23-25-16(21)13(17(27)22-19(25)30-18)8-11-4-3-7-24(11)12-5-6-14(20)15(9-12)26(28)29/h3-10,21H,1-2H3/b13-8+,21-16?. The van der Waals surface area contributed by atoms with Crippen molar-refractivity contribution in [1.82, 2.24) is 9.58 Å². The van der Waals surface area contributed by atoms with Gasteiger partial charge >= 0.3 is 0 Å². The molecule has 1 N–H and O–H groups in total. The zero-order valence-electron chi connectivity index (χ0n) is 15.9. The number of hydrazone groups is 1. The van der Waals surface area contributed by atoms with Gasteiger partial charge in [-0.05, 0) is 42.1 Å². The topological polar surface area (TPSA) is 117 Å². The number of hydrogen-bond acceptors (Lipinski definition) is 6. The van der Waals surface area contributed by atoms with E-state index in [1.54, 1.807) is 29.0 Å². The molecule has 2 aromatic rings. The summed E-state index contributed by atoms with van der Waals surface area (Å²) in [4.78, 5) is 27.3. The van der Waals surface area contributed by atoms with Crippen LogP contribution in [-0.2, 0) is 4.79 Å². The van der Waals surface area contributed by atoms with Crippen molar-refractivity contribution in [2.24, 2.45) is 16.0 Å². The Balaban J connectivity index is 1.74. The Morgan fingerprint density at radius 1 is 1.33 bits per heavy atom. The van der Waals surface area contributed by atoms with E-state index in [2.05, 4.69) is 10.1 Å². The van der Waals surface area contributed by atoms with Gasteiger partial charge in [-0.1, -0.05) is 25.4 Å². The van der Waals surface area contributed by atoms with E-state index in [1.165, 1.54) is 35.0 Å². The number of fused-ring (bicyclic) bond motifs is 1. The number of aromatic nitrogens is 1. The SMILES string of the molecule is CC(C)C1=NN2C(=N)/C(=C\c3cccn3-c3ccc(Cl)c([N+](=O)[O-])c3)C(=O)N=C2S1. The molecule has 0 saturated heterocycles. The van der Waals surface area contributed by atoms with Crippen LogP contribution in [0.3, 0.4) is 0 Å². The number of amides is 1. The molecule has 0 spiro atoms. The second-order valence-electron chi connectivity index (χ2n) is 6.81. The summed E-state index contributed by atoms with van der Waals surface area (Å²) in [6.07, 6.45) is 3.23. The molecule has 152 valence electrons. The number of carbonyl (C=O) groups is 1. The van der Waals surface area contributed by atoms with Gasteiger partial charge in [0.2, 0.25) is 5.17 Å². The van der Waals surface area contributed by atoms with Crippen molar-refractivity contribution >= 4 is 57.1 Å². The third-order valence-corrected chi connectivity index (χ3v) is 5.97. The number of aliphatic imine (C=N–C) groups is 1. The first-order chi connectivity index (χ1) is 14.3. The molecule has 0 saturated carbocycles. The van der Waals surface area contributed by atoms with Gasteiger partial charge < -0.3 is 4.57 Å². The molecule has 0 bridgehead atoms. The molecule has 9 nitrogen and oxygen atoms in total. The van der Waals surface area contributed by atoms with Gasteiger partial charge in [-0.2, -0.15) is 15.1 Å². The molecule has 1 aromatic carbocycles. The normalized spacial score (nSPS) is 17.5. The van der Waals surface area contributed by atoms with Gasteiger partial charge in [0.1, 0.15) is 10.1 Å². The van der Waals surface area contributed by atoms with E-state index < -0.39 is 10.8 Å². The average Bonchev–Trinajstić information content (AvgIpc) is 3.32. The molecule has 30 heavy (non-hydrogen) atoms. The molecular formula is C19H15ClN6O3S. The van der Waals surface area contributed by atoms with Crippen molar-refractivity contribution in [1.29, 1.82) is 5.41 Å². The lowest BCUT2D eigenvalue weighted by Crippen LogP contribution is -2.35. The lowest BCUT2D eigenvalue weighted by molar-refractivity contribution is -0.384. The maximum atomic E-state index is 12.6. The predicted molar refractivity (Wildman–Crippen MR) is 117 cm³/mol. The summed E-state index contributed by atoms with van der Waals surface area (Å²) in [6, 6.07) is 7.90. The summed E-state index contributed by atoms with van der Waals surface area (Å²) in [5.74, 6) is -0.451. The monoisotopic (exact) mass is 442 g/mol. The van der Waals surface area contributed by atoms with Crippen LogP contribution < -0.4 is 0 Å². The second-order valence-corrected chi connectivity index (χ2v) is 8.20. The fourth-order valence-electron chi connectivity index (χ4n) is 2.93. The highest BCUT2D eigenvalue weighted by Gasteiger charge is 2.36. The van der Waals surface area contributed by atoms with Crippen LogP contribution >= 0.6 is 23.4 Å². The molecule has 0 unspecified atom stereocenters. The Kier molecular flexibility index (Phi) is 5.04. The van der Waals surface area contributed by atoms with E-state index in [9.17, 15) is 14.9 Å². The zero-order chi connectivity index (χ0) is 21.6. The third kappa shape index (κ3) is 3.44. The van der Waals surface area contributed by atoms with Crippen LogP contribution in [0.4, 0.5) is 5.69 Å². The molecule has 2 aliphatic heterocycles. The summed E-state index contributed by atoms with van der Waals surface area (Å²) in [7, 11) is 0. The first kappa shape index (κ1) is 20.0. The van der Waals surface area contributed by atoms with Crippen LogP contribution in [0.15, 0.2) is 52.2 Å². The number of halogens is 1. The Morgan fingerprint density at radius 2 is 2.10 bits per heavy atom. The van der Waals surface area contributed by atoms with Gasteiger partial charge in [0.25, 0.3) is 11.6 Å². The van der Waals surface area contributed by atoms with Crippen LogP contribution in [0.5, 0.6) is 0 Å². The number of carbonyl (C=O) groups excluding carboxylic acids is 1. The van der Waals surface area contributed by atoms with Crippen molar-refractivity contribution in [2.75, 3.05) is 0 Å². The number of benzene rings is 1. The number of amidine groups is 2. The van der Waals surface area contributed by atoms with Crippen LogP contribution in [0, 0.1) is 21.4 Å². The molecule has 0 aliphatic carbocycles. The van der Waals surface area contributed by atoms with Crippen molar-refractivity contribution in [2.45, 2.75) is 13.8 Å². The van der Waals surface area contributed by atoms with E-state index in [4.69, 9.17) is 17.0 Å². The second kappa shape index (κ2) is 7.54. The average molecular weight is 443 g/mol. The highest BCUT2D eigenvalue weighted by molar-refractivity contribution is 8.27. The van der Waals surface area contributed by atoms with Crippen molar-refractivity contribution in [3.05, 3.63) is 62.9 Å². The minimum absolute atomic E-state index is 0.0345. The number of rotatable bonds is 4. The first-order valence-corrected chi connectivity index (χ1v) is 10.1. The fourth-order valence-corrected chi connectivity index (χ4v) is 4.00. The highest BCUT2D eigenvalue weighted by Crippen LogP contribution is 2.32. The maximum Gasteiger partial charge on any atom is 0.289 e. The summed E-state index contributed by atoms with van der Waals surface area (Å²) in [5, 5.41) is 26.6. The summed E-state index contributed by atoms with van der Waals surface area (Å²) in [5.41, 5.74) is 0.912. The smallest absolute Gasteiger partial charge is 0.289 e. The molecule has 0 atom stereocenters. The minimum atomic E-state index is -0.556. The summed E-state index contributed by atoms with van der Waals surface area (Å²) < 4.78 is 1.66. The highest BCUT2D eigenvalue weighted by atomic mass is 35.5. The Hall–Kier alpha value is -3.24. The van der Waals surface area contributed by atoms with Gasteiger partial charge in [-0.25, -0.2) is 0 Å². The molecule has 0 radical (unpaired) electrons. The molecule has 1 aromatic heterocycles. The number of hydrogen-bond donors (Lipinski definition) is 1. The molecular weight excluding hydrogens is 428 g/mol. The van der Waals surface area contributed by atoms with Gasteiger partial charge in [-0.15, -0.1) is 0 Å². The van der Waals surface area contributed by atoms with Crippen molar-refractivity contribution in [3.8, 4) is 5.69 Å². The van der Waals surface area contributed by atoms with Crippen LogP contribution in [-0.4, -0.2) is 36.5 Å². The van der Waals surface area contributed by atoms with Gasteiger partial charge in [0, 0.05) is 23.9 Å². The number of nitrogens with one attached hydrogen (secondary N) is 1. The maximum absolute atomic E-state index is 12.6. The molecule has 2 aliphatic rings. The van der Waals surface area contributed by atoms with Crippen LogP contribution in [0.2, 0.25) is 5.02 Å². The number of nitro benzene ring substituents is 1. The zero-order valence-corrected chi connectivity index (χ0v) is 17.4. The number of nitrogens with zero attached hydrogens (tertiary/aromatic N) is 5. The molecule has 3 heterocycles. The lowest BCUT2D eigenvalue weighted by atomic mass is 10.1. The molecule has 4 rings (SSSR count). The number of thioether (sulfide) groups is 1. The molecule has 1 amide bonds. The van der Waals surface area contributed by atoms with E-state index in [0.29, 0.717) is 16.5 Å². The Morgan fingerprint density at radius 3 is 2.80 bits per heavy atom. The quantitative estimate of drug-likeness (QED) is 0.430. The van der Waals surface area contributed by atoms with Crippen LogP contribution in [0.25, 0.3) is 11.8 Å². The van der Waals surface area contributed by atoms with E-state index in [1.807, 2.05) is 13.8 Å². The lowest BCUT2D eigenvalue weighted by Gasteiger charge is -2.20. The molecule has 11 heteroatoms. The Labute approximate surface area is 180 Å². The summed E-state index contributed by atoms with van der Waals surface area (Å²) >= 11 is 7.18. The van der Waals surface area contributed by atoms with Crippen LogP contribution in [0.1, 0.15) is 19.5 Å². The minimum Gasteiger partial charge on any atom is -0.317 e. The summed E-state index contributed by atoms with van der Waals surface area (Å²) in [6.45, 7) is 3.95. The Bertz CT molecular complexity index is 1200. The third-order valence-electron chi connectivity index (χ3n) is 4.44. The van der Waals surface area contributed by atoms with Gasteiger partial charge in [-0.3, -0.25) is 20.3 Å². The largest absolute Gasteiger partial charge is 0.317 e.